The first-order valence-corrected chi connectivity index (χ1v) is 10.0. The molecule has 146 valence electrons. The Morgan fingerprint density at radius 3 is 2.48 bits per heavy atom. The Balaban J connectivity index is 2.11. The van der Waals surface area contributed by atoms with Crippen molar-refractivity contribution < 1.29 is 26.7 Å². The van der Waals surface area contributed by atoms with Crippen LogP contribution in [0.15, 0.2) is 42.5 Å². The Bertz CT molecular complexity index is 919. The van der Waals surface area contributed by atoms with Gasteiger partial charge < -0.3 is 10.1 Å². The molecule has 0 fully saturated rings. The van der Waals surface area contributed by atoms with Crippen molar-refractivity contribution in [2.45, 2.75) is 13.3 Å². The zero-order valence-electron chi connectivity index (χ0n) is 14.9. The van der Waals surface area contributed by atoms with Gasteiger partial charge in [-0.2, -0.15) is 0 Å². The van der Waals surface area contributed by atoms with E-state index in [1.807, 2.05) is 6.92 Å². The second-order valence-electron chi connectivity index (χ2n) is 5.66. The van der Waals surface area contributed by atoms with E-state index in [-0.39, 0.29) is 18.7 Å². The van der Waals surface area contributed by atoms with Gasteiger partial charge in [0.15, 0.2) is 11.6 Å². The third-order valence-electron chi connectivity index (χ3n) is 3.59. The number of halogens is 2. The molecule has 0 saturated carbocycles. The Hall–Kier alpha value is -2.68. The molecule has 6 nitrogen and oxygen atoms in total. The van der Waals surface area contributed by atoms with Gasteiger partial charge in [0, 0.05) is 19.0 Å². The van der Waals surface area contributed by atoms with Crippen LogP contribution in [0.2, 0.25) is 0 Å². The minimum absolute atomic E-state index is 0.0566. The molecule has 27 heavy (non-hydrogen) atoms. The predicted octanol–water partition coefficient (Wildman–Crippen LogP) is 3.16. The van der Waals surface area contributed by atoms with E-state index < -0.39 is 27.6 Å². The van der Waals surface area contributed by atoms with E-state index in [2.05, 4.69) is 5.32 Å². The lowest BCUT2D eigenvalue weighted by Crippen LogP contribution is -2.33. The minimum Gasteiger partial charge on any atom is -0.492 e. The summed E-state index contributed by atoms with van der Waals surface area (Å²) in [5, 5.41) is 2.65. The van der Waals surface area contributed by atoms with Crippen molar-refractivity contribution in [1.29, 1.82) is 0 Å². The number of ether oxygens (including phenoxy) is 1. The molecule has 0 aromatic heterocycles. The summed E-state index contributed by atoms with van der Waals surface area (Å²) in [6.45, 7) is 2.00. The Kier molecular flexibility index (Phi) is 6.73. The van der Waals surface area contributed by atoms with Crippen LogP contribution in [0.3, 0.4) is 0 Å². The Morgan fingerprint density at radius 2 is 1.85 bits per heavy atom. The van der Waals surface area contributed by atoms with Crippen molar-refractivity contribution >= 4 is 27.3 Å². The van der Waals surface area contributed by atoms with Crippen molar-refractivity contribution in [3.05, 3.63) is 54.1 Å². The van der Waals surface area contributed by atoms with Crippen LogP contribution >= 0.6 is 0 Å². The SMILES string of the molecule is CCOc1ccccc1NC(=O)CCN(c1ccc(F)c(F)c1)S(C)(=O)=O. The van der Waals surface area contributed by atoms with Gasteiger partial charge in [-0.1, -0.05) is 12.1 Å². The van der Waals surface area contributed by atoms with E-state index in [0.717, 1.165) is 28.8 Å². The monoisotopic (exact) mass is 398 g/mol. The van der Waals surface area contributed by atoms with E-state index in [9.17, 15) is 22.0 Å². The maximum absolute atomic E-state index is 13.4. The minimum atomic E-state index is -3.79. The highest BCUT2D eigenvalue weighted by Crippen LogP contribution is 2.24. The van der Waals surface area contributed by atoms with E-state index in [0.29, 0.717) is 18.0 Å². The van der Waals surface area contributed by atoms with Crippen molar-refractivity contribution in [3.8, 4) is 5.75 Å². The molecule has 0 atom stereocenters. The number of sulfonamides is 1. The van der Waals surface area contributed by atoms with Gasteiger partial charge in [0.05, 0.1) is 24.2 Å². The summed E-state index contributed by atoms with van der Waals surface area (Å²) < 4.78 is 56.8. The first-order chi connectivity index (χ1) is 12.7. The van der Waals surface area contributed by atoms with Crippen molar-refractivity contribution in [2.24, 2.45) is 0 Å². The van der Waals surface area contributed by atoms with Gasteiger partial charge in [-0.3, -0.25) is 9.10 Å². The lowest BCUT2D eigenvalue weighted by molar-refractivity contribution is -0.116. The molecule has 0 spiro atoms. The molecule has 0 saturated heterocycles. The maximum atomic E-state index is 13.4. The molecule has 0 unspecified atom stereocenters. The van der Waals surface area contributed by atoms with Crippen LogP contribution in [0.5, 0.6) is 5.75 Å². The second-order valence-corrected chi connectivity index (χ2v) is 7.57. The van der Waals surface area contributed by atoms with Gasteiger partial charge in [-0.25, -0.2) is 17.2 Å². The first-order valence-electron chi connectivity index (χ1n) is 8.16. The molecule has 0 aliphatic carbocycles. The Morgan fingerprint density at radius 1 is 1.15 bits per heavy atom. The molecule has 0 aliphatic rings. The number of nitrogens with zero attached hydrogens (tertiary/aromatic N) is 1. The molecule has 0 heterocycles. The number of para-hydroxylation sites is 2. The lowest BCUT2D eigenvalue weighted by atomic mass is 10.2. The number of benzene rings is 2. The number of carbonyl (C=O) groups excluding carboxylic acids is 1. The summed E-state index contributed by atoms with van der Waals surface area (Å²) in [4.78, 5) is 12.2. The number of hydrogen-bond acceptors (Lipinski definition) is 4. The zero-order valence-corrected chi connectivity index (χ0v) is 15.7. The molecule has 2 rings (SSSR count). The molecule has 2 aromatic rings. The molecule has 1 amide bonds. The fourth-order valence-electron chi connectivity index (χ4n) is 2.39. The average molecular weight is 398 g/mol. The summed E-state index contributed by atoms with van der Waals surface area (Å²) in [7, 11) is -3.79. The van der Waals surface area contributed by atoms with Crippen LogP contribution in [0, 0.1) is 11.6 Å². The zero-order chi connectivity index (χ0) is 20.0. The van der Waals surface area contributed by atoms with Gasteiger partial charge in [0.2, 0.25) is 15.9 Å². The van der Waals surface area contributed by atoms with Gasteiger partial charge in [-0.05, 0) is 31.2 Å². The van der Waals surface area contributed by atoms with Crippen LogP contribution in [-0.4, -0.2) is 33.7 Å². The van der Waals surface area contributed by atoms with Crippen molar-refractivity contribution in [3.63, 3.8) is 0 Å². The fraction of sp³-hybridized carbons (Fsp3) is 0.278. The summed E-state index contributed by atoms with van der Waals surface area (Å²) >= 11 is 0. The topological polar surface area (TPSA) is 75.7 Å². The summed E-state index contributed by atoms with van der Waals surface area (Å²) in [5.41, 5.74) is 0.405. The molecular weight excluding hydrogens is 378 g/mol. The summed E-state index contributed by atoms with van der Waals surface area (Å²) in [6.07, 6.45) is 0.739. The number of rotatable bonds is 8. The fourth-order valence-corrected chi connectivity index (χ4v) is 3.31. The van der Waals surface area contributed by atoms with E-state index >= 15 is 0 Å². The summed E-state index contributed by atoms with van der Waals surface area (Å²) in [5.74, 6) is -2.21. The maximum Gasteiger partial charge on any atom is 0.232 e. The van der Waals surface area contributed by atoms with E-state index in [1.165, 1.54) is 0 Å². The molecule has 0 aliphatic heterocycles. The average Bonchev–Trinajstić information content (AvgIpc) is 2.59. The van der Waals surface area contributed by atoms with Gasteiger partial charge in [-0.15, -0.1) is 0 Å². The molecular formula is C18H20F2N2O4S. The second kappa shape index (κ2) is 8.81. The van der Waals surface area contributed by atoms with Crippen LogP contribution in [-0.2, 0) is 14.8 Å². The van der Waals surface area contributed by atoms with Crippen LogP contribution < -0.4 is 14.4 Å². The third-order valence-corrected chi connectivity index (χ3v) is 4.79. The van der Waals surface area contributed by atoms with Crippen LogP contribution in [0.4, 0.5) is 20.2 Å². The number of anilines is 2. The van der Waals surface area contributed by atoms with Gasteiger partial charge >= 0.3 is 0 Å². The molecule has 0 radical (unpaired) electrons. The first kappa shape index (κ1) is 20.6. The van der Waals surface area contributed by atoms with Crippen LogP contribution in [0.25, 0.3) is 0 Å². The standard InChI is InChI=1S/C18H20F2N2O4S/c1-3-26-17-7-5-4-6-16(17)21-18(23)10-11-22(27(2,24)25)13-8-9-14(19)15(20)12-13/h4-9,12H,3,10-11H2,1-2H3,(H,21,23). The smallest absolute Gasteiger partial charge is 0.232 e. The van der Waals surface area contributed by atoms with Gasteiger partial charge in [0.1, 0.15) is 5.75 Å². The van der Waals surface area contributed by atoms with Crippen LogP contribution in [0.1, 0.15) is 13.3 Å². The van der Waals surface area contributed by atoms with Crippen molar-refractivity contribution in [1.82, 2.24) is 0 Å². The van der Waals surface area contributed by atoms with E-state index in [4.69, 9.17) is 4.74 Å². The Labute approximate surface area is 156 Å². The third kappa shape index (κ3) is 5.65. The quantitative estimate of drug-likeness (QED) is 0.741. The lowest BCUT2D eigenvalue weighted by Gasteiger charge is -2.22. The highest BCUT2D eigenvalue weighted by atomic mass is 32.2. The predicted molar refractivity (Wildman–Crippen MR) is 99.4 cm³/mol. The van der Waals surface area contributed by atoms with Gasteiger partial charge in [0.25, 0.3) is 0 Å². The molecule has 9 heteroatoms. The van der Waals surface area contributed by atoms with Crippen molar-refractivity contribution in [2.75, 3.05) is 29.0 Å². The highest BCUT2D eigenvalue weighted by Gasteiger charge is 2.20. The molecule has 1 N–H and O–H groups in total. The largest absolute Gasteiger partial charge is 0.492 e. The highest BCUT2D eigenvalue weighted by molar-refractivity contribution is 7.92. The summed E-state index contributed by atoms with van der Waals surface area (Å²) in [6, 6.07) is 9.59. The number of carbonyl (C=O) groups is 1. The normalized spacial score (nSPS) is 11.1. The number of amides is 1. The molecule has 0 bridgehead atoms. The molecule has 2 aromatic carbocycles. The van der Waals surface area contributed by atoms with E-state index in [1.54, 1.807) is 24.3 Å². The number of hydrogen-bond donors (Lipinski definition) is 1. The number of nitrogens with one attached hydrogen (secondary N) is 1.